The van der Waals surface area contributed by atoms with Gasteiger partial charge in [-0.2, -0.15) is 0 Å². The smallest absolute Gasteiger partial charge is 0.222 e. The SMILES string of the molecule is O=C(CCCCc1cc(Cl)c(COC2(c3cnccc3-c3ccccc3OC3CC3)CC2)cc1Cl)N(CCO)C[C@H](O)[C@@H](O)[C@H](O)[C@H](O)CO. The van der Waals surface area contributed by atoms with Gasteiger partial charge >= 0.3 is 0 Å². The third kappa shape index (κ3) is 9.73. The number of ether oxygens (including phenoxy) is 2. The predicted octanol–water partition coefficient (Wildman–Crippen LogP) is 3.77. The lowest BCUT2D eigenvalue weighted by Gasteiger charge is -2.30. The van der Waals surface area contributed by atoms with Crippen molar-refractivity contribution >= 4 is 29.1 Å². The molecule has 2 aromatic carbocycles. The molecule has 0 saturated heterocycles. The van der Waals surface area contributed by atoms with Gasteiger partial charge in [0.15, 0.2) is 0 Å². The average molecular weight is 734 g/mol. The summed E-state index contributed by atoms with van der Waals surface area (Å²) >= 11 is 13.4. The molecule has 2 saturated carbocycles. The topological polar surface area (TPSA) is 173 Å². The second kappa shape index (κ2) is 17.6. The van der Waals surface area contributed by atoms with E-state index in [0.717, 1.165) is 59.3 Å². The maximum atomic E-state index is 12.9. The standard InChI is InChI=1S/C37H46Cl2N2O9/c38-29-18-24(22-49-37(12-13-37)28-19-40-14-11-26(28)27-6-2-3-7-33(27)50-25-9-10-25)30(39)17-23(29)5-1-4-8-34(46)41(15-16-42)20-31(44)35(47)36(48)32(45)21-43/h2-3,6-7,11,14,17-19,25,31-32,35-36,42-45,47-48H,1,4-5,8-10,12-13,15-16,20-22H2/t31-,32+,35+,36+/m0/s1. The van der Waals surface area contributed by atoms with E-state index in [4.69, 9.17) is 37.8 Å². The van der Waals surface area contributed by atoms with Gasteiger partial charge in [-0.15, -0.1) is 0 Å². The minimum absolute atomic E-state index is 0.0856. The van der Waals surface area contributed by atoms with Crippen LogP contribution in [0, 0.1) is 0 Å². The van der Waals surface area contributed by atoms with Gasteiger partial charge in [0.2, 0.25) is 5.91 Å². The maximum Gasteiger partial charge on any atom is 0.222 e. The molecule has 11 nitrogen and oxygen atoms in total. The second-order valence-electron chi connectivity index (χ2n) is 13.1. The number of carbonyl (C=O) groups excluding carboxylic acids is 1. The van der Waals surface area contributed by atoms with E-state index in [2.05, 4.69) is 11.1 Å². The molecule has 272 valence electrons. The summed E-state index contributed by atoms with van der Waals surface area (Å²) in [6.07, 6.45) is 2.68. The summed E-state index contributed by atoms with van der Waals surface area (Å²) in [5.41, 5.74) is 4.18. The number of benzene rings is 2. The average Bonchev–Trinajstić information content (AvgIpc) is 4.07. The van der Waals surface area contributed by atoms with Crippen molar-refractivity contribution in [3.8, 4) is 16.9 Å². The Morgan fingerprint density at radius 3 is 2.34 bits per heavy atom. The van der Waals surface area contributed by atoms with Crippen LogP contribution in [0.1, 0.15) is 61.6 Å². The minimum atomic E-state index is -1.81. The number of rotatable bonds is 20. The number of aromatic nitrogens is 1. The van der Waals surface area contributed by atoms with E-state index in [1.807, 2.05) is 42.6 Å². The fourth-order valence-corrected chi connectivity index (χ4v) is 6.51. The van der Waals surface area contributed by atoms with Crippen LogP contribution in [-0.2, 0) is 28.2 Å². The highest BCUT2D eigenvalue weighted by Crippen LogP contribution is 2.53. The molecule has 0 aliphatic heterocycles. The number of halogens is 2. The van der Waals surface area contributed by atoms with Crippen LogP contribution in [0.5, 0.6) is 5.75 Å². The molecule has 50 heavy (non-hydrogen) atoms. The molecule has 2 aliphatic carbocycles. The number of pyridine rings is 1. The maximum absolute atomic E-state index is 12.9. The number of aryl methyl sites for hydroxylation is 1. The van der Waals surface area contributed by atoms with Crippen LogP contribution in [0.2, 0.25) is 10.0 Å². The number of amides is 1. The number of unbranched alkanes of at least 4 members (excludes halogenated alkanes) is 1. The van der Waals surface area contributed by atoms with Gasteiger partial charge in [0, 0.05) is 53.1 Å². The van der Waals surface area contributed by atoms with Gasteiger partial charge in [-0.25, -0.2) is 0 Å². The van der Waals surface area contributed by atoms with Crippen molar-refractivity contribution in [2.45, 2.75) is 94.1 Å². The third-order valence-corrected chi connectivity index (χ3v) is 9.98. The molecule has 2 fully saturated rings. The van der Waals surface area contributed by atoms with Gasteiger partial charge in [0.05, 0.1) is 31.5 Å². The highest BCUT2D eigenvalue weighted by atomic mass is 35.5. The predicted molar refractivity (Wildman–Crippen MR) is 188 cm³/mol. The van der Waals surface area contributed by atoms with Crippen molar-refractivity contribution in [1.82, 2.24) is 9.88 Å². The van der Waals surface area contributed by atoms with E-state index in [-0.39, 0.29) is 44.7 Å². The zero-order chi connectivity index (χ0) is 35.8. The first-order valence-electron chi connectivity index (χ1n) is 17.1. The summed E-state index contributed by atoms with van der Waals surface area (Å²) in [7, 11) is 0. The molecule has 1 amide bonds. The molecule has 4 atom stereocenters. The van der Waals surface area contributed by atoms with Crippen LogP contribution in [0.3, 0.4) is 0 Å². The number of nitrogens with zero attached hydrogens (tertiary/aromatic N) is 2. The van der Waals surface area contributed by atoms with Crippen molar-refractivity contribution in [2.24, 2.45) is 0 Å². The monoisotopic (exact) mass is 732 g/mol. The quantitative estimate of drug-likeness (QED) is 0.0940. The van der Waals surface area contributed by atoms with Crippen LogP contribution in [-0.4, -0.2) is 103 Å². The van der Waals surface area contributed by atoms with E-state index in [1.165, 1.54) is 4.90 Å². The third-order valence-electron chi connectivity index (χ3n) is 9.27. The molecule has 1 aromatic heterocycles. The first kappa shape index (κ1) is 38.4. The summed E-state index contributed by atoms with van der Waals surface area (Å²) in [4.78, 5) is 18.5. The molecular weight excluding hydrogens is 687 g/mol. The van der Waals surface area contributed by atoms with Crippen LogP contribution in [0.15, 0.2) is 54.9 Å². The van der Waals surface area contributed by atoms with E-state index in [9.17, 15) is 30.3 Å². The second-order valence-corrected chi connectivity index (χ2v) is 13.9. The first-order valence-corrected chi connectivity index (χ1v) is 17.9. The summed E-state index contributed by atoms with van der Waals surface area (Å²) < 4.78 is 12.8. The summed E-state index contributed by atoms with van der Waals surface area (Å²) in [6, 6.07) is 13.7. The van der Waals surface area contributed by atoms with Crippen LogP contribution in [0.25, 0.3) is 11.1 Å². The van der Waals surface area contributed by atoms with Gasteiger partial charge in [-0.1, -0.05) is 41.4 Å². The first-order chi connectivity index (χ1) is 24.1. The van der Waals surface area contributed by atoms with Crippen molar-refractivity contribution in [2.75, 3.05) is 26.3 Å². The zero-order valence-electron chi connectivity index (χ0n) is 27.8. The van der Waals surface area contributed by atoms with Gasteiger partial charge in [0.1, 0.15) is 30.2 Å². The summed E-state index contributed by atoms with van der Waals surface area (Å²) in [5, 5.41) is 59.3. The van der Waals surface area contributed by atoms with Crippen molar-refractivity contribution in [3.05, 3.63) is 81.6 Å². The minimum Gasteiger partial charge on any atom is -0.490 e. The number of aliphatic hydroxyl groups is 6. The molecule has 5 rings (SSSR count). The molecule has 2 aliphatic rings. The fraction of sp³-hybridized carbons (Fsp3) is 0.514. The van der Waals surface area contributed by atoms with Crippen molar-refractivity contribution in [3.63, 3.8) is 0 Å². The number of carbonyl (C=O) groups is 1. The van der Waals surface area contributed by atoms with Crippen molar-refractivity contribution < 1.29 is 44.9 Å². The van der Waals surface area contributed by atoms with Gasteiger partial charge in [-0.05, 0) is 85.9 Å². The Hall–Kier alpha value is -2.84. The normalized spacial score (nSPS) is 17.5. The van der Waals surface area contributed by atoms with Gasteiger partial charge in [-0.3, -0.25) is 9.78 Å². The number of para-hydroxylation sites is 1. The molecule has 1 heterocycles. The Labute approximate surface area is 302 Å². The zero-order valence-corrected chi connectivity index (χ0v) is 29.3. The van der Waals surface area contributed by atoms with E-state index in [1.54, 1.807) is 6.20 Å². The van der Waals surface area contributed by atoms with Crippen LogP contribution >= 0.6 is 23.2 Å². The van der Waals surface area contributed by atoms with Crippen LogP contribution in [0.4, 0.5) is 0 Å². The Bertz CT molecular complexity index is 1590. The Morgan fingerprint density at radius 1 is 0.940 bits per heavy atom. The van der Waals surface area contributed by atoms with Gasteiger partial charge in [0.25, 0.3) is 0 Å². The lowest BCUT2D eigenvalue weighted by molar-refractivity contribution is -0.140. The lowest BCUT2D eigenvalue weighted by atomic mass is 9.96. The molecule has 0 bridgehead atoms. The molecule has 0 radical (unpaired) electrons. The van der Waals surface area contributed by atoms with E-state index >= 15 is 0 Å². The molecule has 13 heteroatoms. The fourth-order valence-electron chi connectivity index (χ4n) is 5.99. The highest BCUT2D eigenvalue weighted by Gasteiger charge is 2.48. The summed E-state index contributed by atoms with van der Waals surface area (Å²) in [6.45, 7) is -1.37. The number of hydrogen-bond donors (Lipinski definition) is 6. The number of aliphatic hydroxyl groups excluding tert-OH is 6. The largest absolute Gasteiger partial charge is 0.490 e. The summed E-state index contributed by atoms with van der Waals surface area (Å²) in [5.74, 6) is 0.505. The molecule has 0 unspecified atom stereocenters. The van der Waals surface area contributed by atoms with Crippen LogP contribution < -0.4 is 4.74 Å². The number of hydrogen-bond acceptors (Lipinski definition) is 10. The van der Waals surface area contributed by atoms with E-state index < -0.39 is 36.6 Å². The van der Waals surface area contributed by atoms with E-state index in [0.29, 0.717) is 29.3 Å². The lowest BCUT2D eigenvalue weighted by Crippen LogP contribution is -2.51. The Balaban J connectivity index is 1.15. The Kier molecular flexibility index (Phi) is 13.5. The molecular formula is C37H46Cl2N2O9. The van der Waals surface area contributed by atoms with Crippen molar-refractivity contribution in [1.29, 1.82) is 0 Å². The molecule has 0 spiro atoms. The molecule has 6 N–H and O–H groups in total. The Morgan fingerprint density at radius 2 is 1.64 bits per heavy atom. The van der Waals surface area contributed by atoms with Gasteiger partial charge < -0.3 is 45.0 Å². The highest BCUT2D eigenvalue weighted by molar-refractivity contribution is 6.34. The molecule has 3 aromatic rings.